The Hall–Kier alpha value is -1.14. The average molecular weight is 421 g/mol. The van der Waals surface area contributed by atoms with Gasteiger partial charge in [-0.15, -0.1) is 0 Å². The predicted octanol–water partition coefficient (Wildman–Crippen LogP) is 3.38. The van der Waals surface area contributed by atoms with Gasteiger partial charge in [-0.25, -0.2) is 0 Å². The Morgan fingerprint density at radius 2 is 0.967 bits per heavy atom. The Balaban J connectivity index is 1.01. The van der Waals surface area contributed by atoms with Crippen LogP contribution in [0.1, 0.15) is 77.0 Å². The van der Waals surface area contributed by atoms with E-state index in [4.69, 9.17) is 9.47 Å². The van der Waals surface area contributed by atoms with Crippen LogP contribution in [0.3, 0.4) is 0 Å². The normalized spacial score (nSPS) is 36.1. The predicted molar refractivity (Wildman–Crippen MR) is 115 cm³/mol. The molecule has 4 heterocycles. The molecule has 0 radical (unpaired) electrons. The molecule has 2 unspecified atom stereocenters. The molecule has 4 aliphatic rings. The quantitative estimate of drug-likeness (QED) is 0.421. The summed E-state index contributed by atoms with van der Waals surface area (Å²) in [5.74, 6) is 0.239. The molecule has 4 bridgehead atoms. The second-order valence-electron chi connectivity index (χ2n) is 10.2. The maximum atomic E-state index is 12.4. The van der Waals surface area contributed by atoms with Gasteiger partial charge < -0.3 is 19.3 Å². The van der Waals surface area contributed by atoms with Crippen LogP contribution in [0.25, 0.3) is 0 Å². The fourth-order valence-corrected chi connectivity index (χ4v) is 6.35. The van der Waals surface area contributed by atoms with Crippen LogP contribution < -0.4 is 0 Å². The topological polar surface area (TPSA) is 59.1 Å². The minimum absolute atomic E-state index is 0.0148. The van der Waals surface area contributed by atoms with Crippen LogP contribution in [0.15, 0.2) is 0 Å². The Morgan fingerprint density at radius 3 is 1.30 bits per heavy atom. The molecule has 30 heavy (non-hydrogen) atoms. The van der Waals surface area contributed by atoms with Crippen LogP contribution in [-0.2, 0) is 19.1 Å². The van der Waals surface area contributed by atoms with Crippen LogP contribution in [0.2, 0.25) is 0 Å². The van der Waals surface area contributed by atoms with Crippen LogP contribution in [-0.4, -0.2) is 73.2 Å². The molecular formula is C24H40N2O4. The third kappa shape index (κ3) is 5.01. The maximum absolute atomic E-state index is 12.4. The number of carbonyl (C=O) groups excluding carboxylic acids is 2. The number of fused-ring (bicyclic) bond motifs is 4. The van der Waals surface area contributed by atoms with Crippen molar-refractivity contribution in [2.75, 3.05) is 27.3 Å². The van der Waals surface area contributed by atoms with Crippen molar-refractivity contribution in [1.29, 1.82) is 0 Å². The minimum atomic E-state index is 0.0148. The van der Waals surface area contributed by atoms with Gasteiger partial charge in [0, 0.05) is 24.2 Å². The van der Waals surface area contributed by atoms with Crippen molar-refractivity contribution in [2.24, 2.45) is 11.8 Å². The molecule has 0 saturated carbocycles. The average Bonchev–Trinajstić information content (AvgIpc) is 3.07. The van der Waals surface area contributed by atoms with Gasteiger partial charge in [0.2, 0.25) is 0 Å². The third-order valence-corrected chi connectivity index (χ3v) is 8.39. The van der Waals surface area contributed by atoms with Crippen molar-refractivity contribution in [3.05, 3.63) is 0 Å². The molecule has 0 N–H and O–H groups in total. The lowest BCUT2D eigenvalue weighted by Crippen LogP contribution is -2.42. The van der Waals surface area contributed by atoms with Gasteiger partial charge in [0.05, 0.1) is 25.0 Å². The SMILES string of the molecule is CN1[C@@H]2CC[C@H]1CC(C(=O)OCCCCCCOC(=O)C1C[C@H]3CC[C@@H](C1)N3C)C2. The van der Waals surface area contributed by atoms with Crippen molar-refractivity contribution in [3.8, 4) is 0 Å². The smallest absolute Gasteiger partial charge is 0.309 e. The molecule has 6 heteroatoms. The standard InChI is InChI=1S/C24H40N2O4/c1-25-19-7-8-20(25)14-17(13-19)23(27)29-11-5-3-4-6-12-30-24(28)18-15-21-9-10-22(16-18)26(21)2/h17-22H,3-16H2,1-2H3/t17?,18?,19-,20+,21-,22+. The number of unbranched alkanes of at least 4 members (excludes halogenated alkanes) is 3. The van der Waals surface area contributed by atoms with Crippen molar-refractivity contribution < 1.29 is 19.1 Å². The number of nitrogens with zero attached hydrogens (tertiary/aromatic N) is 2. The number of rotatable bonds is 9. The molecule has 6 nitrogen and oxygen atoms in total. The first kappa shape index (κ1) is 22.1. The van der Waals surface area contributed by atoms with E-state index >= 15 is 0 Å². The lowest BCUT2D eigenvalue weighted by Gasteiger charge is -2.35. The van der Waals surface area contributed by atoms with Gasteiger partial charge in [0.15, 0.2) is 0 Å². The Bertz CT molecular complexity index is 532. The highest BCUT2D eigenvalue weighted by Gasteiger charge is 2.42. The molecule has 6 atom stereocenters. The first-order valence-electron chi connectivity index (χ1n) is 12.3. The van der Waals surface area contributed by atoms with Crippen LogP contribution in [0.4, 0.5) is 0 Å². The number of carbonyl (C=O) groups is 2. The summed E-state index contributed by atoms with van der Waals surface area (Å²) in [4.78, 5) is 29.6. The number of ether oxygens (including phenoxy) is 2. The molecule has 4 saturated heterocycles. The highest BCUT2D eigenvalue weighted by atomic mass is 16.5. The highest BCUT2D eigenvalue weighted by molar-refractivity contribution is 5.73. The largest absolute Gasteiger partial charge is 0.465 e. The second kappa shape index (κ2) is 9.99. The van der Waals surface area contributed by atoms with E-state index in [-0.39, 0.29) is 23.8 Å². The summed E-state index contributed by atoms with van der Waals surface area (Å²) in [7, 11) is 4.39. The van der Waals surface area contributed by atoms with Crippen molar-refractivity contribution in [1.82, 2.24) is 9.80 Å². The lowest BCUT2D eigenvalue weighted by molar-refractivity contribution is -0.152. The summed E-state index contributed by atoms with van der Waals surface area (Å²) < 4.78 is 11.1. The van der Waals surface area contributed by atoms with Crippen molar-refractivity contribution >= 4 is 11.9 Å². The summed E-state index contributed by atoms with van der Waals surface area (Å²) in [6.07, 6.45) is 12.6. The first-order chi connectivity index (χ1) is 14.5. The molecular weight excluding hydrogens is 380 g/mol. The second-order valence-corrected chi connectivity index (χ2v) is 10.2. The summed E-state index contributed by atoms with van der Waals surface area (Å²) in [5.41, 5.74) is 0. The van der Waals surface area contributed by atoms with Gasteiger partial charge in [-0.05, 0) is 91.1 Å². The Labute approximate surface area is 181 Å². The van der Waals surface area contributed by atoms with Crippen molar-refractivity contribution in [3.63, 3.8) is 0 Å². The zero-order valence-electron chi connectivity index (χ0n) is 18.9. The molecule has 0 aromatic carbocycles. The summed E-state index contributed by atoms with van der Waals surface area (Å²) in [6.45, 7) is 1.05. The summed E-state index contributed by atoms with van der Waals surface area (Å²) in [5, 5.41) is 0. The third-order valence-electron chi connectivity index (χ3n) is 8.39. The molecule has 4 fully saturated rings. The summed E-state index contributed by atoms with van der Waals surface area (Å²) >= 11 is 0. The Kier molecular flexibility index (Phi) is 7.35. The van der Waals surface area contributed by atoms with E-state index < -0.39 is 0 Å². The lowest BCUT2D eigenvalue weighted by atomic mass is 9.91. The van der Waals surface area contributed by atoms with Gasteiger partial charge in [0.1, 0.15) is 0 Å². The molecule has 0 amide bonds. The van der Waals surface area contributed by atoms with E-state index in [1.807, 2.05) is 0 Å². The van der Waals surface area contributed by atoms with Gasteiger partial charge in [0.25, 0.3) is 0 Å². The van der Waals surface area contributed by atoms with E-state index in [1.54, 1.807) is 0 Å². The summed E-state index contributed by atoms with van der Waals surface area (Å²) in [6, 6.07) is 2.31. The molecule has 4 rings (SSSR count). The van der Waals surface area contributed by atoms with E-state index in [0.29, 0.717) is 37.4 Å². The Morgan fingerprint density at radius 1 is 0.633 bits per heavy atom. The van der Waals surface area contributed by atoms with Gasteiger partial charge in [-0.2, -0.15) is 0 Å². The molecule has 4 aliphatic heterocycles. The molecule has 170 valence electrons. The van der Waals surface area contributed by atoms with Crippen LogP contribution >= 0.6 is 0 Å². The van der Waals surface area contributed by atoms with Gasteiger partial charge in [-0.1, -0.05) is 0 Å². The van der Waals surface area contributed by atoms with Gasteiger partial charge in [-0.3, -0.25) is 9.59 Å². The monoisotopic (exact) mass is 420 g/mol. The minimum Gasteiger partial charge on any atom is -0.465 e. The molecule has 0 aromatic rings. The zero-order chi connectivity index (χ0) is 21.1. The molecule has 0 aliphatic carbocycles. The zero-order valence-corrected chi connectivity index (χ0v) is 18.9. The van der Waals surface area contributed by atoms with Crippen LogP contribution in [0, 0.1) is 11.8 Å². The fourth-order valence-electron chi connectivity index (χ4n) is 6.35. The van der Waals surface area contributed by atoms with E-state index in [9.17, 15) is 9.59 Å². The number of hydrogen-bond acceptors (Lipinski definition) is 6. The van der Waals surface area contributed by atoms with E-state index in [0.717, 1.165) is 51.4 Å². The number of esters is 2. The van der Waals surface area contributed by atoms with E-state index in [2.05, 4.69) is 23.9 Å². The van der Waals surface area contributed by atoms with Gasteiger partial charge >= 0.3 is 11.9 Å². The molecule has 0 spiro atoms. The first-order valence-corrected chi connectivity index (χ1v) is 12.3. The van der Waals surface area contributed by atoms with E-state index in [1.165, 1.54) is 25.7 Å². The van der Waals surface area contributed by atoms with Crippen molar-refractivity contribution in [2.45, 2.75) is 101 Å². The molecule has 0 aromatic heterocycles. The highest BCUT2D eigenvalue weighted by Crippen LogP contribution is 2.38. The number of hydrogen-bond donors (Lipinski definition) is 0. The fraction of sp³-hybridized carbons (Fsp3) is 0.917. The maximum Gasteiger partial charge on any atom is 0.309 e. The number of piperidine rings is 2. The van der Waals surface area contributed by atoms with Crippen LogP contribution in [0.5, 0.6) is 0 Å².